The number of hydrogen-bond donors (Lipinski definition) is 2. The van der Waals surface area contributed by atoms with E-state index in [1.807, 2.05) is 25.1 Å². The van der Waals surface area contributed by atoms with Crippen molar-refractivity contribution in [3.63, 3.8) is 0 Å². The highest BCUT2D eigenvalue weighted by Gasteiger charge is 2.27. The van der Waals surface area contributed by atoms with Gasteiger partial charge in [-0.2, -0.15) is 4.31 Å². The van der Waals surface area contributed by atoms with E-state index >= 15 is 0 Å². The van der Waals surface area contributed by atoms with Crippen molar-refractivity contribution in [1.29, 1.82) is 0 Å². The smallest absolute Gasteiger partial charge is 0.243 e. The predicted molar refractivity (Wildman–Crippen MR) is 131 cm³/mol. The second-order valence-corrected chi connectivity index (χ2v) is 9.41. The highest BCUT2D eigenvalue weighted by Crippen LogP contribution is 2.22. The number of rotatable bonds is 10. The molecule has 0 radical (unpaired) electrons. The summed E-state index contributed by atoms with van der Waals surface area (Å²) in [6, 6.07) is 21.8. The Balaban J connectivity index is 1.82. The van der Waals surface area contributed by atoms with Crippen LogP contribution in [0.15, 0.2) is 83.8 Å². The highest BCUT2D eigenvalue weighted by atomic mass is 32.2. The van der Waals surface area contributed by atoms with E-state index in [9.17, 15) is 18.0 Å². The molecule has 3 rings (SSSR count). The van der Waals surface area contributed by atoms with Gasteiger partial charge in [0.1, 0.15) is 5.75 Å². The Labute approximate surface area is 199 Å². The molecule has 0 aliphatic heterocycles. The fourth-order valence-electron chi connectivity index (χ4n) is 3.28. The molecule has 34 heavy (non-hydrogen) atoms. The SMILES string of the molecule is CCOc1ccc(S(=O)(=O)N(CC(=O)Nc2cccc(NC(C)=O)c2)Cc2ccccc2)cc1. The van der Waals surface area contributed by atoms with Crippen LogP contribution in [0.3, 0.4) is 0 Å². The lowest BCUT2D eigenvalue weighted by atomic mass is 10.2. The van der Waals surface area contributed by atoms with Crippen molar-refractivity contribution < 1.29 is 22.7 Å². The van der Waals surface area contributed by atoms with Gasteiger partial charge >= 0.3 is 0 Å². The lowest BCUT2D eigenvalue weighted by Gasteiger charge is -2.22. The Hall–Kier alpha value is -3.69. The van der Waals surface area contributed by atoms with Crippen molar-refractivity contribution in [2.75, 3.05) is 23.8 Å². The number of ether oxygens (including phenoxy) is 1. The molecule has 0 heterocycles. The van der Waals surface area contributed by atoms with Crippen LogP contribution in [0.4, 0.5) is 11.4 Å². The summed E-state index contributed by atoms with van der Waals surface area (Å²) >= 11 is 0. The van der Waals surface area contributed by atoms with E-state index in [2.05, 4.69) is 10.6 Å². The molecule has 3 aromatic rings. The number of sulfonamides is 1. The molecule has 0 saturated heterocycles. The van der Waals surface area contributed by atoms with Crippen LogP contribution in [0.1, 0.15) is 19.4 Å². The zero-order valence-corrected chi connectivity index (χ0v) is 19.8. The maximum Gasteiger partial charge on any atom is 0.243 e. The molecular formula is C25H27N3O5S. The summed E-state index contributed by atoms with van der Waals surface area (Å²) in [6.45, 7) is 3.33. The van der Waals surface area contributed by atoms with Gasteiger partial charge in [-0.1, -0.05) is 36.4 Å². The third-order valence-corrected chi connectivity index (χ3v) is 6.57. The molecule has 0 saturated carbocycles. The van der Waals surface area contributed by atoms with Crippen molar-refractivity contribution in [2.24, 2.45) is 0 Å². The molecule has 0 aromatic heterocycles. The third kappa shape index (κ3) is 6.90. The molecular weight excluding hydrogens is 454 g/mol. The Morgan fingerprint density at radius 2 is 1.53 bits per heavy atom. The largest absolute Gasteiger partial charge is 0.494 e. The van der Waals surface area contributed by atoms with Gasteiger partial charge in [0.2, 0.25) is 21.8 Å². The first-order valence-corrected chi connectivity index (χ1v) is 12.2. The van der Waals surface area contributed by atoms with Gasteiger partial charge in [-0.25, -0.2) is 8.42 Å². The molecule has 2 amide bonds. The number of hydrogen-bond acceptors (Lipinski definition) is 5. The minimum absolute atomic E-state index is 0.0235. The van der Waals surface area contributed by atoms with Crippen LogP contribution in [0.2, 0.25) is 0 Å². The summed E-state index contributed by atoms with van der Waals surface area (Å²) in [4.78, 5) is 24.2. The van der Waals surface area contributed by atoms with E-state index in [0.29, 0.717) is 23.7 Å². The standard InChI is InChI=1S/C25H27N3O5S/c1-3-33-23-12-14-24(15-13-23)34(31,32)28(17-20-8-5-4-6-9-20)18-25(30)27-22-11-7-10-21(16-22)26-19(2)29/h4-16H,3,17-18H2,1-2H3,(H,26,29)(H,27,30). The molecule has 0 aliphatic carbocycles. The van der Waals surface area contributed by atoms with Gasteiger partial charge in [-0.3, -0.25) is 9.59 Å². The zero-order chi connectivity index (χ0) is 24.6. The van der Waals surface area contributed by atoms with Crippen molar-refractivity contribution in [2.45, 2.75) is 25.3 Å². The molecule has 0 bridgehead atoms. The monoisotopic (exact) mass is 481 g/mol. The van der Waals surface area contributed by atoms with Crippen LogP contribution in [0.25, 0.3) is 0 Å². The van der Waals surface area contributed by atoms with Gasteiger partial charge in [0.15, 0.2) is 0 Å². The Kier molecular flexibility index (Phi) is 8.39. The zero-order valence-electron chi connectivity index (χ0n) is 19.0. The average molecular weight is 482 g/mol. The Bertz CT molecular complexity index is 1230. The number of carbonyl (C=O) groups is 2. The summed E-state index contributed by atoms with van der Waals surface area (Å²) in [7, 11) is -3.98. The minimum atomic E-state index is -3.98. The first kappa shape index (κ1) is 24.9. The summed E-state index contributed by atoms with van der Waals surface area (Å²) in [6.07, 6.45) is 0. The van der Waals surface area contributed by atoms with Crippen LogP contribution < -0.4 is 15.4 Å². The van der Waals surface area contributed by atoms with E-state index in [1.54, 1.807) is 48.5 Å². The number of nitrogens with one attached hydrogen (secondary N) is 2. The minimum Gasteiger partial charge on any atom is -0.494 e. The second kappa shape index (κ2) is 11.4. The van der Waals surface area contributed by atoms with E-state index in [1.165, 1.54) is 19.1 Å². The van der Waals surface area contributed by atoms with Crippen LogP contribution >= 0.6 is 0 Å². The van der Waals surface area contributed by atoms with Crippen LogP contribution in [-0.4, -0.2) is 37.7 Å². The molecule has 0 aliphatic rings. The van der Waals surface area contributed by atoms with E-state index in [4.69, 9.17) is 4.74 Å². The Morgan fingerprint density at radius 3 is 2.15 bits per heavy atom. The fraction of sp³-hybridized carbons (Fsp3) is 0.200. The Morgan fingerprint density at radius 1 is 0.882 bits per heavy atom. The molecule has 0 fully saturated rings. The van der Waals surface area contributed by atoms with Crippen molar-refractivity contribution in [1.82, 2.24) is 4.31 Å². The average Bonchev–Trinajstić information content (AvgIpc) is 2.80. The van der Waals surface area contributed by atoms with Crippen LogP contribution in [0, 0.1) is 0 Å². The van der Waals surface area contributed by atoms with Crippen LogP contribution in [0.5, 0.6) is 5.75 Å². The lowest BCUT2D eigenvalue weighted by molar-refractivity contribution is -0.116. The van der Waals surface area contributed by atoms with Crippen molar-refractivity contribution in [3.8, 4) is 5.75 Å². The van der Waals surface area contributed by atoms with Gasteiger partial charge in [0, 0.05) is 24.8 Å². The maximum absolute atomic E-state index is 13.4. The summed E-state index contributed by atoms with van der Waals surface area (Å²) < 4.78 is 33.4. The molecule has 9 heteroatoms. The molecule has 0 atom stereocenters. The topological polar surface area (TPSA) is 105 Å². The van der Waals surface area contributed by atoms with Gasteiger partial charge in [-0.05, 0) is 55.0 Å². The van der Waals surface area contributed by atoms with Gasteiger partial charge in [0.05, 0.1) is 18.0 Å². The van der Waals surface area contributed by atoms with Crippen molar-refractivity contribution in [3.05, 3.63) is 84.4 Å². The first-order valence-electron chi connectivity index (χ1n) is 10.7. The maximum atomic E-state index is 13.4. The number of amides is 2. The normalized spacial score (nSPS) is 11.1. The predicted octanol–water partition coefficient (Wildman–Crippen LogP) is 3.87. The molecule has 178 valence electrons. The number of carbonyl (C=O) groups excluding carboxylic acids is 2. The summed E-state index contributed by atoms with van der Waals surface area (Å²) in [5, 5.41) is 5.35. The number of benzene rings is 3. The van der Waals surface area contributed by atoms with E-state index in [0.717, 1.165) is 9.87 Å². The number of anilines is 2. The van der Waals surface area contributed by atoms with Gasteiger partial charge < -0.3 is 15.4 Å². The van der Waals surface area contributed by atoms with Gasteiger partial charge in [-0.15, -0.1) is 0 Å². The fourth-order valence-corrected chi connectivity index (χ4v) is 4.66. The molecule has 0 spiro atoms. The van der Waals surface area contributed by atoms with E-state index < -0.39 is 22.5 Å². The second-order valence-electron chi connectivity index (χ2n) is 7.47. The highest BCUT2D eigenvalue weighted by molar-refractivity contribution is 7.89. The molecule has 2 N–H and O–H groups in total. The van der Waals surface area contributed by atoms with Gasteiger partial charge in [0.25, 0.3) is 0 Å². The summed E-state index contributed by atoms with van der Waals surface area (Å²) in [5.41, 5.74) is 1.71. The molecule has 3 aromatic carbocycles. The molecule has 8 nitrogen and oxygen atoms in total. The van der Waals surface area contributed by atoms with Crippen molar-refractivity contribution >= 4 is 33.2 Å². The van der Waals surface area contributed by atoms with Crippen LogP contribution in [-0.2, 0) is 26.2 Å². The third-order valence-electron chi connectivity index (χ3n) is 4.76. The molecule has 0 unspecified atom stereocenters. The summed E-state index contributed by atoms with van der Waals surface area (Å²) in [5.74, 6) is -0.183. The first-order chi connectivity index (χ1) is 16.3. The quantitative estimate of drug-likeness (QED) is 0.457. The van der Waals surface area contributed by atoms with E-state index in [-0.39, 0.29) is 17.3 Å². The number of nitrogens with zero attached hydrogens (tertiary/aromatic N) is 1. The lowest BCUT2D eigenvalue weighted by Crippen LogP contribution is -2.37.